The number of carbonyl (C=O) groups is 2. The number of aldehydes is 1. The number of ether oxygens (including phenoxy) is 1. The van der Waals surface area contributed by atoms with Crippen LogP contribution in [0, 0.1) is 0 Å². The van der Waals surface area contributed by atoms with E-state index in [1.54, 1.807) is 13.8 Å². The number of hydrogen-bond acceptors (Lipinski definition) is 4. The molecule has 0 saturated carbocycles. The first-order chi connectivity index (χ1) is 8.10. The largest absolute Gasteiger partial charge is 0.462 e. The molecule has 1 aliphatic heterocycles. The fourth-order valence-electron chi connectivity index (χ4n) is 1.78. The molecule has 0 bridgehead atoms. The Bertz CT molecular complexity index is 374. The lowest BCUT2D eigenvalue weighted by atomic mass is 10.00. The van der Waals surface area contributed by atoms with E-state index in [0.29, 0.717) is 42.2 Å². The standard InChI is InChI=1S/C12H16ClNO3/c1-3-17-12(16)11-8(2)14-9(5-4-6-15)7-10(11)13/h6,9H,3-5,7H2,1-2H3. The van der Waals surface area contributed by atoms with E-state index in [4.69, 9.17) is 16.3 Å². The summed E-state index contributed by atoms with van der Waals surface area (Å²) < 4.78 is 4.92. The van der Waals surface area contributed by atoms with Gasteiger partial charge in [-0.15, -0.1) is 0 Å². The molecule has 0 spiro atoms. The second-order valence-corrected chi connectivity index (χ2v) is 4.27. The van der Waals surface area contributed by atoms with Gasteiger partial charge in [0.15, 0.2) is 0 Å². The highest BCUT2D eigenvalue weighted by Crippen LogP contribution is 2.27. The molecule has 0 aromatic rings. The summed E-state index contributed by atoms with van der Waals surface area (Å²) in [5.74, 6) is -0.424. The Morgan fingerprint density at radius 3 is 2.88 bits per heavy atom. The van der Waals surface area contributed by atoms with Crippen LogP contribution in [-0.2, 0) is 14.3 Å². The highest BCUT2D eigenvalue weighted by atomic mass is 35.5. The molecule has 94 valence electrons. The zero-order valence-electron chi connectivity index (χ0n) is 10.0. The second kappa shape index (κ2) is 6.55. The van der Waals surface area contributed by atoms with Crippen LogP contribution in [0.4, 0.5) is 0 Å². The molecular formula is C12H16ClNO3. The minimum absolute atomic E-state index is 0.00845. The summed E-state index contributed by atoms with van der Waals surface area (Å²) in [7, 11) is 0. The van der Waals surface area contributed by atoms with Gasteiger partial charge in [-0.25, -0.2) is 4.79 Å². The lowest BCUT2D eigenvalue weighted by Crippen LogP contribution is -2.22. The minimum Gasteiger partial charge on any atom is -0.462 e. The quantitative estimate of drug-likeness (QED) is 0.561. The number of esters is 1. The van der Waals surface area contributed by atoms with Crippen molar-refractivity contribution in [1.82, 2.24) is 0 Å². The molecule has 1 atom stereocenters. The Balaban J connectivity index is 2.78. The molecule has 0 fully saturated rings. The lowest BCUT2D eigenvalue weighted by molar-refractivity contribution is -0.137. The van der Waals surface area contributed by atoms with E-state index >= 15 is 0 Å². The van der Waals surface area contributed by atoms with Gasteiger partial charge in [0.25, 0.3) is 0 Å². The topological polar surface area (TPSA) is 55.7 Å². The summed E-state index contributed by atoms with van der Waals surface area (Å²) in [5.41, 5.74) is 0.964. The summed E-state index contributed by atoms with van der Waals surface area (Å²) in [6.45, 7) is 3.80. The van der Waals surface area contributed by atoms with Crippen molar-refractivity contribution in [3.63, 3.8) is 0 Å². The van der Waals surface area contributed by atoms with Gasteiger partial charge >= 0.3 is 5.97 Å². The molecule has 17 heavy (non-hydrogen) atoms. The van der Waals surface area contributed by atoms with Gasteiger partial charge in [-0.2, -0.15) is 0 Å². The van der Waals surface area contributed by atoms with Gasteiger partial charge in [0, 0.05) is 23.6 Å². The van der Waals surface area contributed by atoms with Crippen molar-refractivity contribution in [2.24, 2.45) is 4.99 Å². The van der Waals surface area contributed by atoms with Crippen molar-refractivity contribution in [3.8, 4) is 0 Å². The maximum absolute atomic E-state index is 11.6. The molecule has 1 aliphatic rings. The Morgan fingerprint density at radius 1 is 1.65 bits per heavy atom. The van der Waals surface area contributed by atoms with E-state index in [9.17, 15) is 9.59 Å². The summed E-state index contributed by atoms with van der Waals surface area (Å²) in [6, 6.07) is -0.00845. The predicted octanol–water partition coefficient (Wildman–Crippen LogP) is 2.25. The van der Waals surface area contributed by atoms with Gasteiger partial charge in [-0.05, 0) is 20.3 Å². The number of aliphatic imine (C=N–C) groups is 1. The highest BCUT2D eigenvalue weighted by molar-refractivity contribution is 6.37. The van der Waals surface area contributed by atoms with Crippen molar-refractivity contribution in [3.05, 3.63) is 10.6 Å². The van der Waals surface area contributed by atoms with Crippen LogP contribution in [0.25, 0.3) is 0 Å². The third-order valence-corrected chi connectivity index (χ3v) is 2.86. The Hall–Kier alpha value is -1.16. The number of dihydropyridines is 1. The molecule has 0 aromatic heterocycles. The summed E-state index contributed by atoms with van der Waals surface area (Å²) in [6.07, 6.45) is 2.48. The smallest absolute Gasteiger partial charge is 0.341 e. The van der Waals surface area contributed by atoms with Gasteiger partial charge in [0.2, 0.25) is 0 Å². The molecule has 1 unspecified atom stereocenters. The van der Waals surface area contributed by atoms with Crippen molar-refractivity contribution in [2.75, 3.05) is 6.61 Å². The van der Waals surface area contributed by atoms with Crippen molar-refractivity contribution in [1.29, 1.82) is 0 Å². The number of rotatable bonds is 5. The second-order valence-electron chi connectivity index (χ2n) is 3.82. The predicted molar refractivity (Wildman–Crippen MR) is 66.3 cm³/mol. The Morgan fingerprint density at radius 2 is 2.35 bits per heavy atom. The van der Waals surface area contributed by atoms with Crippen molar-refractivity contribution in [2.45, 2.75) is 39.2 Å². The highest BCUT2D eigenvalue weighted by Gasteiger charge is 2.25. The normalized spacial score (nSPS) is 19.9. The molecule has 0 radical (unpaired) electrons. The molecule has 0 N–H and O–H groups in total. The van der Waals surface area contributed by atoms with Gasteiger partial charge < -0.3 is 9.53 Å². The van der Waals surface area contributed by atoms with Crippen LogP contribution in [-0.4, -0.2) is 30.6 Å². The first kappa shape index (κ1) is 13.9. The van der Waals surface area contributed by atoms with Gasteiger partial charge in [0.05, 0.1) is 18.2 Å². The van der Waals surface area contributed by atoms with Crippen molar-refractivity contribution < 1.29 is 14.3 Å². The molecule has 5 heteroatoms. The fraction of sp³-hybridized carbons (Fsp3) is 0.583. The molecule has 1 rings (SSSR count). The number of halogens is 1. The van der Waals surface area contributed by atoms with Crippen molar-refractivity contribution >= 4 is 29.6 Å². The molecule has 0 amide bonds. The molecule has 4 nitrogen and oxygen atoms in total. The van der Waals surface area contributed by atoms with E-state index in [0.717, 1.165) is 6.29 Å². The van der Waals surface area contributed by atoms with E-state index in [-0.39, 0.29) is 6.04 Å². The molecule has 0 aromatic carbocycles. The zero-order chi connectivity index (χ0) is 12.8. The van der Waals surface area contributed by atoms with Crippen LogP contribution in [0.5, 0.6) is 0 Å². The first-order valence-corrected chi connectivity index (χ1v) is 6.02. The third-order valence-electron chi connectivity index (χ3n) is 2.52. The molecule has 1 heterocycles. The maximum Gasteiger partial charge on any atom is 0.341 e. The van der Waals surface area contributed by atoms with Gasteiger partial charge in [-0.1, -0.05) is 11.6 Å². The van der Waals surface area contributed by atoms with Crippen LogP contribution in [0.15, 0.2) is 15.6 Å². The van der Waals surface area contributed by atoms with Crippen LogP contribution in [0.1, 0.15) is 33.1 Å². The van der Waals surface area contributed by atoms with Crippen LogP contribution >= 0.6 is 11.6 Å². The SMILES string of the molecule is CCOC(=O)C1=C(Cl)CC(CCC=O)N=C1C. The average molecular weight is 258 g/mol. The van der Waals surface area contributed by atoms with Gasteiger partial charge in [0.1, 0.15) is 6.29 Å². The lowest BCUT2D eigenvalue weighted by Gasteiger charge is -2.20. The van der Waals surface area contributed by atoms with E-state index < -0.39 is 5.97 Å². The Kier molecular flexibility index (Phi) is 5.35. The average Bonchev–Trinajstić information content (AvgIpc) is 2.25. The molecule has 0 saturated heterocycles. The first-order valence-electron chi connectivity index (χ1n) is 5.64. The summed E-state index contributed by atoms with van der Waals surface area (Å²) >= 11 is 6.09. The zero-order valence-corrected chi connectivity index (χ0v) is 10.8. The summed E-state index contributed by atoms with van der Waals surface area (Å²) in [5, 5.41) is 0.479. The van der Waals surface area contributed by atoms with E-state index in [1.165, 1.54) is 0 Å². The van der Waals surface area contributed by atoms with E-state index in [2.05, 4.69) is 4.99 Å². The fourth-order valence-corrected chi connectivity index (χ4v) is 2.17. The summed E-state index contributed by atoms with van der Waals surface area (Å²) in [4.78, 5) is 26.3. The van der Waals surface area contributed by atoms with Crippen LogP contribution in [0.2, 0.25) is 0 Å². The molecular weight excluding hydrogens is 242 g/mol. The minimum atomic E-state index is -0.424. The molecule has 0 aliphatic carbocycles. The Labute approximate surface area is 106 Å². The number of carbonyl (C=O) groups excluding carboxylic acids is 2. The third kappa shape index (κ3) is 3.66. The number of hydrogen-bond donors (Lipinski definition) is 0. The maximum atomic E-state index is 11.6. The van der Waals surface area contributed by atoms with Gasteiger partial charge in [-0.3, -0.25) is 4.99 Å². The number of nitrogens with zero attached hydrogens (tertiary/aromatic N) is 1. The monoisotopic (exact) mass is 257 g/mol. The van der Waals surface area contributed by atoms with Crippen LogP contribution in [0.3, 0.4) is 0 Å². The van der Waals surface area contributed by atoms with Crippen LogP contribution < -0.4 is 0 Å². The van der Waals surface area contributed by atoms with E-state index in [1.807, 2.05) is 0 Å².